The fourth-order valence-corrected chi connectivity index (χ4v) is 2.67. The SMILES string of the molecule is CC(C)Cc1noc(-c2ccc3nc(N)sc3c2)n1. The third-order valence-corrected chi connectivity index (χ3v) is 3.56. The van der Waals surface area contributed by atoms with Crippen LogP contribution in [0.15, 0.2) is 22.7 Å². The van der Waals surface area contributed by atoms with E-state index >= 15 is 0 Å². The van der Waals surface area contributed by atoms with Crippen LogP contribution in [0.4, 0.5) is 5.13 Å². The van der Waals surface area contributed by atoms with Gasteiger partial charge in [0.2, 0.25) is 0 Å². The lowest BCUT2D eigenvalue weighted by atomic mass is 10.1. The van der Waals surface area contributed by atoms with Gasteiger partial charge in [-0.2, -0.15) is 4.98 Å². The summed E-state index contributed by atoms with van der Waals surface area (Å²) in [5.41, 5.74) is 7.49. The highest BCUT2D eigenvalue weighted by molar-refractivity contribution is 7.22. The fourth-order valence-electron chi connectivity index (χ4n) is 1.89. The molecule has 0 aliphatic rings. The monoisotopic (exact) mass is 274 g/mol. The first-order valence-electron chi connectivity index (χ1n) is 6.11. The van der Waals surface area contributed by atoms with E-state index in [1.807, 2.05) is 18.2 Å². The molecule has 19 heavy (non-hydrogen) atoms. The van der Waals surface area contributed by atoms with E-state index in [1.165, 1.54) is 11.3 Å². The predicted molar refractivity (Wildman–Crippen MR) is 75.9 cm³/mol. The molecule has 6 heteroatoms. The van der Waals surface area contributed by atoms with Crippen LogP contribution in [0.1, 0.15) is 19.7 Å². The highest BCUT2D eigenvalue weighted by atomic mass is 32.1. The molecule has 2 aromatic heterocycles. The molecular weight excluding hydrogens is 260 g/mol. The molecule has 0 spiro atoms. The number of benzene rings is 1. The second-order valence-electron chi connectivity index (χ2n) is 4.85. The number of nitrogen functional groups attached to an aromatic ring is 1. The largest absolute Gasteiger partial charge is 0.375 e. The van der Waals surface area contributed by atoms with Crippen molar-refractivity contribution in [3.8, 4) is 11.5 Å². The van der Waals surface area contributed by atoms with E-state index in [2.05, 4.69) is 29.0 Å². The van der Waals surface area contributed by atoms with Gasteiger partial charge in [-0.05, 0) is 24.1 Å². The van der Waals surface area contributed by atoms with Crippen molar-refractivity contribution in [3.63, 3.8) is 0 Å². The van der Waals surface area contributed by atoms with Crippen molar-refractivity contribution in [1.29, 1.82) is 0 Å². The predicted octanol–water partition coefficient (Wildman–Crippen LogP) is 3.13. The average molecular weight is 274 g/mol. The molecule has 0 aliphatic carbocycles. The second-order valence-corrected chi connectivity index (χ2v) is 5.91. The number of aromatic nitrogens is 3. The number of rotatable bonds is 3. The van der Waals surface area contributed by atoms with Gasteiger partial charge in [0, 0.05) is 12.0 Å². The quantitative estimate of drug-likeness (QED) is 0.794. The Balaban J connectivity index is 1.96. The van der Waals surface area contributed by atoms with E-state index in [1.54, 1.807) is 0 Å². The van der Waals surface area contributed by atoms with Gasteiger partial charge in [-0.3, -0.25) is 0 Å². The third-order valence-electron chi connectivity index (χ3n) is 2.71. The summed E-state index contributed by atoms with van der Waals surface area (Å²) in [6, 6.07) is 5.83. The van der Waals surface area contributed by atoms with Crippen LogP contribution in [-0.4, -0.2) is 15.1 Å². The number of fused-ring (bicyclic) bond motifs is 1. The lowest BCUT2D eigenvalue weighted by molar-refractivity contribution is 0.418. The smallest absolute Gasteiger partial charge is 0.257 e. The van der Waals surface area contributed by atoms with Crippen LogP contribution in [0.2, 0.25) is 0 Å². The Bertz CT molecular complexity index is 716. The summed E-state index contributed by atoms with van der Waals surface area (Å²) >= 11 is 1.46. The summed E-state index contributed by atoms with van der Waals surface area (Å²) in [5, 5.41) is 4.56. The summed E-state index contributed by atoms with van der Waals surface area (Å²) < 4.78 is 6.33. The van der Waals surface area contributed by atoms with Gasteiger partial charge in [0.05, 0.1) is 10.2 Å². The van der Waals surface area contributed by atoms with Crippen LogP contribution in [-0.2, 0) is 6.42 Å². The molecule has 0 fully saturated rings. The molecule has 0 bridgehead atoms. The van der Waals surface area contributed by atoms with Crippen molar-refractivity contribution in [1.82, 2.24) is 15.1 Å². The van der Waals surface area contributed by atoms with E-state index < -0.39 is 0 Å². The van der Waals surface area contributed by atoms with Gasteiger partial charge in [-0.25, -0.2) is 4.98 Å². The summed E-state index contributed by atoms with van der Waals surface area (Å²) in [4.78, 5) is 8.63. The first kappa shape index (κ1) is 12.1. The summed E-state index contributed by atoms with van der Waals surface area (Å²) in [7, 11) is 0. The van der Waals surface area contributed by atoms with Crippen molar-refractivity contribution in [2.24, 2.45) is 5.92 Å². The molecule has 0 unspecified atom stereocenters. The van der Waals surface area contributed by atoms with Crippen LogP contribution in [0, 0.1) is 5.92 Å². The lowest BCUT2D eigenvalue weighted by Crippen LogP contribution is -1.95. The van der Waals surface area contributed by atoms with Gasteiger partial charge in [-0.15, -0.1) is 0 Å². The maximum atomic E-state index is 5.69. The minimum atomic E-state index is 0.509. The van der Waals surface area contributed by atoms with E-state index in [0.717, 1.165) is 28.0 Å². The molecule has 2 N–H and O–H groups in total. The van der Waals surface area contributed by atoms with Crippen LogP contribution in [0.5, 0.6) is 0 Å². The Morgan fingerprint density at radius 3 is 2.95 bits per heavy atom. The zero-order valence-corrected chi connectivity index (χ0v) is 11.6. The standard InChI is InChI=1S/C13H14N4OS/c1-7(2)5-11-16-12(18-17-11)8-3-4-9-10(6-8)19-13(14)15-9/h3-4,6-7H,5H2,1-2H3,(H2,14,15). The molecule has 3 aromatic rings. The summed E-state index contributed by atoms with van der Waals surface area (Å²) in [6.07, 6.45) is 0.819. The Morgan fingerprint density at radius 1 is 1.32 bits per heavy atom. The molecule has 0 radical (unpaired) electrons. The van der Waals surface area contributed by atoms with Crippen LogP contribution >= 0.6 is 11.3 Å². The van der Waals surface area contributed by atoms with Gasteiger partial charge in [0.1, 0.15) is 0 Å². The first-order valence-corrected chi connectivity index (χ1v) is 6.92. The maximum absolute atomic E-state index is 5.69. The molecule has 3 rings (SSSR count). The topological polar surface area (TPSA) is 77.8 Å². The molecule has 1 aromatic carbocycles. The zero-order chi connectivity index (χ0) is 13.4. The number of hydrogen-bond acceptors (Lipinski definition) is 6. The van der Waals surface area contributed by atoms with Crippen LogP contribution < -0.4 is 5.73 Å². The molecule has 0 saturated heterocycles. The van der Waals surface area contributed by atoms with E-state index in [9.17, 15) is 0 Å². The van der Waals surface area contributed by atoms with Gasteiger partial charge >= 0.3 is 0 Å². The maximum Gasteiger partial charge on any atom is 0.257 e. The van der Waals surface area contributed by atoms with Gasteiger partial charge in [0.25, 0.3) is 5.89 Å². The van der Waals surface area contributed by atoms with E-state index in [0.29, 0.717) is 16.9 Å². The highest BCUT2D eigenvalue weighted by Crippen LogP contribution is 2.28. The van der Waals surface area contributed by atoms with Crippen molar-refractivity contribution >= 4 is 26.7 Å². The van der Waals surface area contributed by atoms with E-state index in [-0.39, 0.29) is 0 Å². The van der Waals surface area contributed by atoms with Crippen LogP contribution in [0.3, 0.4) is 0 Å². The Morgan fingerprint density at radius 2 is 2.16 bits per heavy atom. The molecule has 0 amide bonds. The van der Waals surface area contributed by atoms with Crippen molar-refractivity contribution in [3.05, 3.63) is 24.0 Å². The van der Waals surface area contributed by atoms with E-state index in [4.69, 9.17) is 10.3 Å². The number of anilines is 1. The minimum absolute atomic E-state index is 0.509. The van der Waals surface area contributed by atoms with Gasteiger partial charge < -0.3 is 10.3 Å². The van der Waals surface area contributed by atoms with Gasteiger partial charge in [0.15, 0.2) is 11.0 Å². The Hall–Kier alpha value is -1.95. The molecular formula is C13H14N4OS. The lowest BCUT2D eigenvalue weighted by Gasteiger charge is -1.96. The second kappa shape index (κ2) is 4.62. The molecule has 0 atom stereocenters. The number of hydrogen-bond donors (Lipinski definition) is 1. The Kier molecular flexibility index (Phi) is 2.94. The summed E-state index contributed by atoms with van der Waals surface area (Å²) in [5.74, 6) is 1.80. The normalized spacial score (nSPS) is 11.5. The number of thiazole rings is 1. The summed E-state index contributed by atoms with van der Waals surface area (Å²) in [6.45, 7) is 4.25. The van der Waals surface area contributed by atoms with Gasteiger partial charge in [-0.1, -0.05) is 30.3 Å². The van der Waals surface area contributed by atoms with Crippen LogP contribution in [0.25, 0.3) is 21.7 Å². The molecule has 0 saturated carbocycles. The molecule has 2 heterocycles. The Labute approximate surface area is 114 Å². The molecule has 0 aliphatic heterocycles. The fraction of sp³-hybridized carbons (Fsp3) is 0.308. The first-order chi connectivity index (χ1) is 9.11. The number of nitrogens with two attached hydrogens (primary N) is 1. The third kappa shape index (κ3) is 2.44. The van der Waals surface area contributed by atoms with Crippen molar-refractivity contribution in [2.75, 3.05) is 5.73 Å². The van der Waals surface area contributed by atoms with Crippen molar-refractivity contribution in [2.45, 2.75) is 20.3 Å². The average Bonchev–Trinajstić information content (AvgIpc) is 2.92. The molecule has 98 valence electrons. The number of nitrogens with zero attached hydrogens (tertiary/aromatic N) is 3. The minimum Gasteiger partial charge on any atom is -0.375 e. The molecule has 5 nitrogen and oxygen atoms in total. The zero-order valence-electron chi connectivity index (χ0n) is 10.8. The van der Waals surface area contributed by atoms with Crippen molar-refractivity contribution < 1.29 is 4.52 Å². The highest BCUT2D eigenvalue weighted by Gasteiger charge is 2.11.